The Morgan fingerprint density at radius 1 is 1.43 bits per heavy atom. The fourth-order valence-corrected chi connectivity index (χ4v) is 0.627. The van der Waals surface area contributed by atoms with Crippen LogP contribution in [0, 0.1) is 74.6 Å². The second kappa shape index (κ2) is 12.3. The van der Waals surface area contributed by atoms with E-state index in [1.165, 1.54) is 0 Å². The molecule has 0 aromatic rings. The van der Waals surface area contributed by atoms with Crippen molar-refractivity contribution in [3.05, 3.63) is 5.73 Å². The van der Waals surface area contributed by atoms with E-state index in [1.807, 2.05) is 0 Å². The number of rotatable bonds is 5. The molecule has 0 heterocycles. The molecule has 0 aromatic carbocycles. The van der Waals surface area contributed by atoms with Gasteiger partial charge in [-0.2, -0.15) is 0 Å². The molecule has 0 aromatic heterocycles. The van der Waals surface area contributed by atoms with Gasteiger partial charge in [0.15, 0.2) is 5.96 Å². The Balaban J connectivity index is -0.000000605. The zero-order valence-corrected chi connectivity index (χ0v) is 10.9. The molecule has 0 aliphatic carbocycles. The molecule has 0 saturated heterocycles. The number of nitrogens with zero attached hydrogens (tertiary/aromatic N) is 1. The minimum Gasteiger partial charge on any atom is -0.665 e. The van der Waals surface area contributed by atoms with Crippen LogP contribution in [-0.4, -0.2) is 29.6 Å². The quantitative estimate of drug-likeness (QED) is 0.265. The van der Waals surface area contributed by atoms with Gasteiger partial charge in [-0.1, -0.05) is 6.42 Å². The SMILES string of the molecule is [Er].[Er].[NH-][C@@H](CCCN=C(N)N)C(=O)O. The van der Waals surface area contributed by atoms with E-state index < -0.39 is 12.0 Å². The number of hydrogen-bond donors (Lipinski definition) is 3. The van der Waals surface area contributed by atoms with Gasteiger partial charge in [0.1, 0.15) is 0 Å². The first-order chi connectivity index (χ1) is 5.54. The number of hydrogen-bond acceptors (Lipinski definition) is 2. The number of carbonyl (C=O) groups is 1. The summed E-state index contributed by atoms with van der Waals surface area (Å²) in [6.07, 6.45) is 0.782. The molecule has 0 rings (SSSR count). The third-order valence-corrected chi connectivity index (χ3v) is 1.24. The molecule has 6 nitrogen and oxygen atoms in total. The largest absolute Gasteiger partial charge is 0.665 e. The Bertz CT molecular complexity index is 185. The molecule has 0 unspecified atom stereocenters. The Kier molecular flexibility index (Phi) is 18.0. The van der Waals surface area contributed by atoms with Crippen LogP contribution in [0.1, 0.15) is 12.8 Å². The van der Waals surface area contributed by atoms with Crippen LogP contribution in [0.3, 0.4) is 0 Å². The van der Waals surface area contributed by atoms with Crippen LogP contribution in [-0.2, 0) is 4.79 Å². The second-order valence-corrected chi connectivity index (χ2v) is 2.34. The van der Waals surface area contributed by atoms with Crippen molar-refractivity contribution in [3.8, 4) is 0 Å². The molecule has 94 valence electrons. The van der Waals surface area contributed by atoms with Gasteiger partial charge in [-0.3, -0.25) is 9.79 Å². The van der Waals surface area contributed by atoms with Crippen molar-refractivity contribution in [2.75, 3.05) is 6.54 Å². The van der Waals surface area contributed by atoms with E-state index in [0.29, 0.717) is 13.0 Å². The van der Waals surface area contributed by atoms with Crippen molar-refractivity contribution in [3.63, 3.8) is 0 Å². The molecule has 0 aliphatic rings. The predicted molar refractivity (Wildman–Crippen MR) is 45.7 cm³/mol. The van der Waals surface area contributed by atoms with E-state index in [-0.39, 0.29) is 87.0 Å². The van der Waals surface area contributed by atoms with E-state index >= 15 is 0 Å². The molecule has 0 spiro atoms. The minimum absolute atomic E-state index is 0. The number of carboxylic acids is 1. The van der Waals surface area contributed by atoms with Gasteiger partial charge in [0, 0.05) is 81.2 Å². The molecule has 0 aliphatic heterocycles. The average molecular weight is 508 g/mol. The molecular formula is C6H13Er2N4O2-. The summed E-state index contributed by atoms with van der Waals surface area (Å²) in [4.78, 5) is 13.8. The second-order valence-electron chi connectivity index (χ2n) is 2.34. The van der Waals surface area contributed by atoms with Crippen molar-refractivity contribution >= 4 is 11.9 Å². The Morgan fingerprint density at radius 2 is 1.93 bits per heavy atom. The fourth-order valence-electron chi connectivity index (χ4n) is 0.627. The molecular weight excluding hydrogens is 495 g/mol. The average Bonchev–Trinajstić information content (AvgIpc) is 1.97. The van der Waals surface area contributed by atoms with Gasteiger partial charge in [-0.25, -0.2) is 0 Å². The van der Waals surface area contributed by atoms with Gasteiger partial charge in [0.05, 0.1) is 0 Å². The maximum absolute atomic E-state index is 10.2. The van der Waals surface area contributed by atoms with E-state index in [0.717, 1.165) is 0 Å². The molecule has 8 heteroatoms. The number of nitrogens with one attached hydrogen (secondary N) is 1. The van der Waals surface area contributed by atoms with Crippen LogP contribution >= 0.6 is 0 Å². The van der Waals surface area contributed by atoms with Gasteiger partial charge in [-0.05, 0) is 12.5 Å². The zero-order chi connectivity index (χ0) is 9.56. The Labute approximate surface area is 142 Å². The van der Waals surface area contributed by atoms with Gasteiger partial charge < -0.3 is 22.3 Å². The smallest absolute Gasteiger partial charge is 0.285 e. The van der Waals surface area contributed by atoms with Crippen molar-refractivity contribution in [2.45, 2.75) is 18.9 Å². The first kappa shape index (κ1) is 20.6. The van der Waals surface area contributed by atoms with Crippen LogP contribution in [0.5, 0.6) is 0 Å². The minimum atomic E-state index is -1.11. The maximum Gasteiger partial charge on any atom is 0.285 e. The Hall–Kier alpha value is 1.19. The molecule has 1 atom stereocenters. The van der Waals surface area contributed by atoms with Crippen molar-refractivity contribution in [1.29, 1.82) is 0 Å². The molecule has 0 bridgehead atoms. The van der Waals surface area contributed by atoms with Crippen LogP contribution in [0.15, 0.2) is 4.99 Å². The van der Waals surface area contributed by atoms with E-state index in [4.69, 9.17) is 22.3 Å². The summed E-state index contributed by atoms with van der Waals surface area (Å²) in [6, 6.07) is -1.07. The topological polar surface area (TPSA) is 125 Å². The molecule has 0 fully saturated rings. The fraction of sp³-hybridized carbons (Fsp3) is 0.667. The van der Waals surface area contributed by atoms with Crippen LogP contribution < -0.4 is 11.5 Å². The van der Waals surface area contributed by atoms with E-state index in [1.54, 1.807) is 0 Å². The first-order valence-corrected chi connectivity index (χ1v) is 3.53. The van der Waals surface area contributed by atoms with E-state index in [9.17, 15) is 4.79 Å². The number of aliphatic imine (C=N–C) groups is 1. The zero-order valence-electron chi connectivity index (χ0n) is 7.23. The number of carboxylic acid groups (broad SMARTS) is 1. The third-order valence-electron chi connectivity index (χ3n) is 1.24. The summed E-state index contributed by atoms with van der Waals surface area (Å²) in [5.74, 6) is -1.12. The van der Waals surface area contributed by atoms with E-state index in [2.05, 4.69) is 4.99 Å². The van der Waals surface area contributed by atoms with Crippen LogP contribution in [0.4, 0.5) is 0 Å². The summed E-state index contributed by atoms with van der Waals surface area (Å²) >= 11 is 0. The summed E-state index contributed by atoms with van der Waals surface area (Å²) in [6.45, 7) is 0.380. The third kappa shape index (κ3) is 13.2. The summed E-state index contributed by atoms with van der Waals surface area (Å²) in [5, 5.41) is 8.32. The summed E-state index contributed by atoms with van der Waals surface area (Å²) < 4.78 is 0. The predicted octanol–water partition coefficient (Wildman–Crippen LogP) is -0.455. The van der Waals surface area contributed by atoms with Crippen LogP contribution in [0.2, 0.25) is 0 Å². The number of aliphatic carboxylic acids is 1. The molecule has 0 radical (unpaired) electrons. The van der Waals surface area contributed by atoms with Gasteiger partial charge in [0.25, 0.3) is 5.97 Å². The molecule has 6 N–H and O–H groups in total. The normalized spacial score (nSPS) is 10.4. The maximum atomic E-state index is 10.2. The van der Waals surface area contributed by atoms with Gasteiger partial charge in [0.2, 0.25) is 0 Å². The molecule has 0 amide bonds. The monoisotopic (exact) mass is 505 g/mol. The number of guanidine groups is 1. The Morgan fingerprint density at radius 3 is 2.29 bits per heavy atom. The van der Waals surface area contributed by atoms with Gasteiger partial charge in [-0.15, -0.1) is 0 Å². The molecule has 14 heavy (non-hydrogen) atoms. The summed E-state index contributed by atoms with van der Waals surface area (Å²) in [7, 11) is 0. The first-order valence-electron chi connectivity index (χ1n) is 3.53. The van der Waals surface area contributed by atoms with Gasteiger partial charge >= 0.3 is 0 Å². The van der Waals surface area contributed by atoms with Crippen LogP contribution in [0.25, 0.3) is 5.73 Å². The van der Waals surface area contributed by atoms with Crippen molar-refractivity contribution < 1.29 is 84.5 Å². The standard InChI is InChI=1S/C6H13N4O2.2Er/c7-4(5(11)12)2-1-3-10-6(8)9;;/h4,7H,1-3H2,(H,11,12)(H4,8,9,10);;/q-1;;/t4-;;/m0../s1. The number of nitrogens with two attached hydrogens (primary N) is 2. The van der Waals surface area contributed by atoms with Crippen molar-refractivity contribution in [2.24, 2.45) is 16.5 Å². The van der Waals surface area contributed by atoms with Crippen molar-refractivity contribution in [1.82, 2.24) is 0 Å². The summed E-state index contributed by atoms with van der Waals surface area (Å²) in [5.41, 5.74) is 17.1. The molecule has 0 saturated carbocycles.